The zero-order chi connectivity index (χ0) is 20.5. The first-order chi connectivity index (χ1) is 14.0. The van der Waals surface area contributed by atoms with Crippen LogP contribution in [0.15, 0.2) is 47.4 Å². The molecule has 0 amide bonds. The molecule has 0 spiro atoms. The fourth-order valence-corrected chi connectivity index (χ4v) is 8.05. The average Bonchev–Trinajstić information content (AvgIpc) is 2.78. The van der Waals surface area contributed by atoms with Crippen LogP contribution in [0.2, 0.25) is 0 Å². The molecular weight excluding hydrogens is 380 g/mol. The highest BCUT2D eigenvalue weighted by molar-refractivity contribution is 7.93. The highest BCUT2D eigenvalue weighted by Crippen LogP contribution is 2.44. The Balaban J connectivity index is 1.84. The molecule has 0 aliphatic heterocycles. The van der Waals surface area contributed by atoms with E-state index in [9.17, 15) is 8.42 Å². The minimum absolute atomic E-state index is 0.0860. The summed E-state index contributed by atoms with van der Waals surface area (Å²) in [5, 5.41) is 1.67. The van der Waals surface area contributed by atoms with E-state index < -0.39 is 20.8 Å². The van der Waals surface area contributed by atoms with Crippen LogP contribution in [-0.2, 0) is 9.84 Å². The topological polar surface area (TPSA) is 86.2 Å². The second-order valence-corrected chi connectivity index (χ2v) is 11.2. The molecular formula is C24H34N2O2S. The number of rotatable bonds is 5. The lowest BCUT2D eigenvalue weighted by Gasteiger charge is -2.46. The second-order valence-electron chi connectivity index (χ2n) is 9.09. The van der Waals surface area contributed by atoms with E-state index in [1.807, 2.05) is 36.4 Å². The van der Waals surface area contributed by atoms with Crippen LogP contribution in [0.3, 0.4) is 0 Å². The first-order valence-corrected chi connectivity index (χ1v) is 12.7. The molecule has 2 atom stereocenters. The largest absolute Gasteiger partial charge is 0.325 e. The van der Waals surface area contributed by atoms with Gasteiger partial charge in [0.2, 0.25) is 0 Å². The first-order valence-electron chi connectivity index (χ1n) is 11.2. The monoisotopic (exact) mass is 414 g/mol. The quantitative estimate of drug-likeness (QED) is 0.739. The third-order valence-corrected chi connectivity index (χ3v) is 9.90. The molecule has 0 aromatic heterocycles. The summed E-state index contributed by atoms with van der Waals surface area (Å²) in [4.78, 5) is -1.07. The van der Waals surface area contributed by atoms with Crippen molar-refractivity contribution in [1.29, 1.82) is 0 Å². The van der Waals surface area contributed by atoms with Gasteiger partial charge in [0.05, 0.1) is 4.90 Å². The molecule has 2 aromatic carbocycles. The van der Waals surface area contributed by atoms with E-state index in [1.54, 1.807) is 6.07 Å². The minimum atomic E-state index is -3.82. The molecule has 2 unspecified atom stereocenters. The molecule has 2 saturated carbocycles. The maximum atomic E-state index is 14.2. The lowest BCUT2D eigenvalue weighted by molar-refractivity contribution is 0.181. The van der Waals surface area contributed by atoms with Gasteiger partial charge < -0.3 is 11.5 Å². The average molecular weight is 415 g/mol. The summed E-state index contributed by atoms with van der Waals surface area (Å²) in [6.45, 7) is 0. The summed E-state index contributed by atoms with van der Waals surface area (Å²) < 4.78 is 28.5. The van der Waals surface area contributed by atoms with Crippen molar-refractivity contribution in [3.8, 4) is 0 Å². The summed E-state index contributed by atoms with van der Waals surface area (Å²) in [6.07, 6.45) is 10.3. The Morgan fingerprint density at radius 3 is 2.10 bits per heavy atom. The molecule has 0 radical (unpaired) electrons. The Morgan fingerprint density at radius 1 is 0.828 bits per heavy atom. The first kappa shape index (κ1) is 20.8. The van der Waals surface area contributed by atoms with E-state index in [2.05, 4.69) is 0 Å². The van der Waals surface area contributed by atoms with Crippen molar-refractivity contribution in [2.75, 3.05) is 0 Å². The maximum Gasteiger partial charge on any atom is 0.199 e. The van der Waals surface area contributed by atoms with Crippen molar-refractivity contribution in [2.45, 2.75) is 80.0 Å². The van der Waals surface area contributed by atoms with E-state index in [-0.39, 0.29) is 11.8 Å². The van der Waals surface area contributed by atoms with Gasteiger partial charge in [0, 0.05) is 11.4 Å². The van der Waals surface area contributed by atoms with Crippen LogP contribution < -0.4 is 11.5 Å². The summed E-state index contributed by atoms with van der Waals surface area (Å²) in [7, 11) is -3.82. The van der Waals surface area contributed by atoms with Crippen molar-refractivity contribution in [3.05, 3.63) is 42.5 Å². The zero-order valence-corrected chi connectivity index (χ0v) is 18.0. The molecule has 2 aliphatic carbocycles. The van der Waals surface area contributed by atoms with Crippen molar-refractivity contribution in [1.82, 2.24) is 0 Å². The van der Waals surface area contributed by atoms with Crippen LogP contribution in [0.1, 0.15) is 64.2 Å². The fraction of sp³-hybridized carbons (Fsp3) is 0.583. The lowest BCUT2D eigenvalue weighted by atomic mass is 9.74. The van der Waals surface area contributed by atoms with Gasteiger partial charge in [-0.05, 0) is 49.0 Å². The number of benzene rings is 2. The summed E-state index contributed by atoms with van der Waals surface area (Å²) >= 11 is 0. The smallest absolute Gasteiger partial charge is 0.199 e. The van der Waals surface area contributed by atoms with Gasteiger partial charge in [-0.15, -0.1) is 0 Å². The predicted molar refractivity (Wildman–Crippen MR) is 119 cm³/mol. The highest BCUT2D eigenvalue weighted by Gasteiger charge is 2.54. The summed E-state index contributed by atoms with van der Waals surface area (Å²) in [5.74, 6) is 0.0950. The van der Waals surface area contributed by atoms with Crippen molar-refractivity contribution in [2.24, 2.45) is 23.3 Å². The van der Waals surface area contributed by atoms with E-state index in [1.165, 1.54) is 6.42 Å². The molecule has 0 bridgehead atoms. The van der Waals surface area contributed by atoms with Crippen LogP contribution in [0.4, 0.5) is 0 Å². The normalized spacial score (nSPS) is 23.0. The van der Waals surface area contributed by atoms with Gasteiger partial charge in [-0.3, -0.25) is 0 Å². The van der Waals surface area contributed by atoms with Gasteiger partial charge >= 0.3 is 0 Å². The van der Waals surface area contributed by atoms with Gasteiger partial charge in [-0.25, -0.2) is 8.42 Å². The molecule has 4 rings (SSSR count). The van der Waals surface area contributed by atoms with E-state index >= 15 is 0 Å². The molecule has 2 aliphatic rings. The van der Waals surface area contributed by atoms with Crippen LogP contribution >= 0.6 is 0 Å². The van der Waals surface area contributed by atoms with Gasteiger partial charge in [0.25, 0.3) is 0 Å². The van der Waals surface area contributed by atoms with E-state index in [0.29, 0.717) is 4.90 Å². The van der Waals surface area contributed by atoms with Gasteiger partial charge in [0.1, 0.15) is 4.87 Å². The number of hydrogen-bond donors (Lipinski definition) is 2. The molecule has 0 heterocycles. The number of nitrogens with two attached hydrogens (primary N) is 2. The number of fused-ring (bicyclic) bond motifs is 1. The molecule has 2 aromatic rings. The van der Waals surface area contributed by atoms with Crippen LogP contribution in [0, 0.1) is 11.8 Å². The lowest BCUT2D eigenvalue weighted by Crippen LogP contribution is -2.67. The Labute approximate surface area is 175 Å². The summed E-state index contributed by atoms with van der Waals surface area (Å²) in [5.41, 5.74) is 13.9. The Hall–Kier alpha value is -1.43. The predicted octanol–water partition coefficient (Wildman–Crippen LogP) is 4.76. The molecule has 4 nitrogen and oxygen atoms in total. The standard InChI is InChI=1S/C24H34N2O2S/c25-23(19-11-3-1-4-12-19)24(26,20-14-5-2-6-15-20)29(27,28)22-17-9-13-18-10-7-8-16-21(18)22/h7-10,13,16-17,19-20,23H,1-6,11-12,14-15,25-26H2. The van der Waals surface area contributed by atoms with Crippen molar-refractivity contribution >= 4 is 20.6 Å². The van der Waals surface area contributed by atoms with Gasteiger partial charge in [-0.1, -0.05) is 74.9 Å². The van der Waals surface area contributed by atoms with E-state index in [0.717, 1.165) is 68.6 Å². The SMILES string of the molecule is NC(C1CCCCC1)C(N)(C1CCCCC1)S(=O)(=O)c1cccc2ccccc12. The molecule has 0 saturated heterocycles. The number of hydrogen-bond acceptors (Lipinski definition) is 4. The minimum Gasteiger partial charge on any atom is -0.325 e. The van der Waals surface area contributed by atoms with Crippen LogP contribution in [0.5, 0.6) is 0 Å². The zero-order valence-electron chi connectivity index (χ0n) is 17.2. The number of sulfone groups is 1. The van der Waals surface area contributed by atoms with Crippen LogP contribution in [0.25, 0.3) is 10.8 Å². The van der Waals surface area contributed by atoms with E-state index in [4.69, 9.17) is 11.5 Å². The second kappa shape index (κ2) is 8.37. The van der Waals surface area contributed by atoms with Gasteiger partial charge in [-0.2, -0.15) is 0 Å². The van der Waals surface area contributed by atoms with Gasteiger partial charge in [0.15, 0.2) is 9.84 Å². The van der Waals surface area contributed by atoms with Crippen LogP contribution in [-0.4, -0.2) is 19.3 Å². The molecule has 29 heavy (non-hydrogen) atoms. The molecule has 4 N–H and O–H groups in total. The Morgan fingerprint density at radius 2 is 1.41 bits per heavy atom. The molecule has 5 heteroatoms. The Bertz CT molecular complexity index is 941. The van der Waals surface area contributed by atoms with Crippen molar-refractivity contribution < 1.29 is 8.42 Å². The maximum absolute atomic E-state index is 14.2. The fourth-order valence-electron chi connectivity index (χ4n) is 5.71. The Kier molecular flexibility index (Phi) is 6.01. The highest BCUT2D eigenvalue weighted by atomic mass is 32.2. The third-order valence-electron chi connectivity index (χ3n) is 7.43. The summed E-state index contributed by atoms with van der Waals surface area (Å²) in [6, 6.07) is 12.6. The third kappa shape index (κ3) is 3.62. The molecule has 2 fully saturated rings. The van der Waals surface area contributed by atoms with Crippen molar-refractivity contribution in [3.63, 3.8) is 0 Å². The molecule has 158 valence electrons.